The van der Waals surface area contributed by atoms with Gasteiger partial charge in [-0.2, -0.15) is 0 Å². The largest absolute Gasteiger partial charge is 0.454 e. The maximum atomic E-state index is 11.7. The highest BCUT2D eigenvalue weighted by molar-refractivity contribution is 6.35. The van der Waals surface area contributed by atoms with Crippen LogP contribution in [0.4, 0.5) is 5.82 Å². The molecule has 0 bridgehead atoms. The van der Waals surface area contributed by atoms with Crippen LogP contribution in [0.5, 0.6) is 11.5 Å². The number of carbonyl (C=O) groups excluding carboxylic acids is 2. The first kappa shape index (κ1) is 16.3. The molecule has 0 saturated carbocycles. The monoisotopic (exact) mass is 354 g/mol. The highest BCUT2D eigenvalue weighted by Crippen LogP contribution is 2.35. The van der Waals surface area contributed by atoms with Crippen LogP contribution in [0.15, 0.2) is 30.3 Å². The van der Waals surface area contributed by atoms with Crippen molar-refractivity contribution in [3.63, 3.8) is 0 Å². The zero-order valence-electron chi connectivity index (χ0n) is 14.3. The molecule has 1 amide bonds. The van der Waals surface area contributed by atoms with Crippen LogP contribution in [0.2, 0.25) is 0 Å². The summed E-state index contributed by atoms with van der Waals surface area (Å²) >= 11 is 0. The molecule has 1 aromatic carbocycles. The molecule has 26 heavy (non-hydrogen) atoms. The van der Waals surface area contributed by atoms with Crippen LogP contribution in [0.3, 0.4) is 0 Å². The summed E-state index contributed by atoms with van der Waals surface area (Å²) in [5.74, 6) is 1.35. The van der Waals surface area contributed by atoms with E-state index in [-0.39, 0.29) is 6.79 Å². The van der Waals surface area contributed by atoms with Crippen LogP contribution in [0, 0.1) is 0 Å². The number of rotatable bonds is 3. The quantitative estimate of drug-likeness (QED) is 0.763. The Hall–Kier alpha value is -3.16. The predicted molar refractivity (Wildman–Crippen MR) is 93.1 cm³/mol. The normalized spacial score (nSPS) is 15.9. The topological polar surface area (TPSA) is 84.9 Å². The van der Waals surface area contributed by atoms with Gasteiger partial charge in [0.15, 0.2) is 17.3 Å². The zero-order chi connectivity index (χ0) is 18.1. The van der Waals surface area contributed by atoms with Crippen molar-refractivity contribution in [2.75, 3.05) is 37.9 Å². The van der Waals surface area contributed by atoms with Gasteiger partial charge in [-0.3, -0.25) is 9.59 Å². The van der Waals surface area contributed by atoms with E-state index in [2.05, 4.69) is 15.1 Å². The summed E-state index contributed by atoms with van der Waals surface area (Å²) in [6.07, 6.45) is 0. The molecule has 3 heterocycles. The molecule has 8 heteroatoms. The van der Waals surface area contributed by atoms with Crippen molar-refractivity contribution < 1.29 is 19.1 Å². The Labute approximate surface area is 150 Å². The molecule has 1 saturated heterocycles. The number of hydrogen-bond acceptors (Lipinski definition) is 7. The predicted octanol–water partition coefficient (Wildman–Crippen LogP) is 1.11. The number of fused-ring (bicyclic) bond motifs is 1. The minimum atomic E-state index is -0.425. The van der Waals surface area contributed by atoms with Crippen molar-refractivity contribution in [2.24, 2.45) is 0 Å². The van der Waals surface area contributed by atoms with Crippen LogP contribution in [-0.4, -0.2) is 59.8 Å². The molecule has 4 rings (SSSR count). The fraction of sp³-hybridized carbons (Fsp3) is 0.333. The van der Waals surface area contributed by atoms with Crippen molar-refractivity contribution in [3.05, 3.63) is 30.3 Å². The molecule has 0 aliphatic carbocycles. The van der Waals surface area contributed by atoms with Crippen molar-refractivity contribution >= 4 is 17.5 Å². The first-order valence-electron chi connectivity index (χ1n) is 8.40. The zero-order valence-corrected chi connectivity index (χ0v) is 14.3. The van der Waals surface area contributed by atoms with E-state index in [1.54, 1.807) is 4.90 Å². The molecule has 0 N–H and O–H groups in total. The van der Waals surface area contributed by atoms with E-state index in [0.29, 0.717) is 31.9 Å². The number of amides is 1. The third-order valence-electron chi connectivity index (χ3n) is 4.51. The van der Waals surface area contributed by atoms with Gasteiger partial charge in [0, 0.05) is 38.7 Å². The first-order valence-corrected chi connectivity index (χ1v) is 8.40. The lowest BCUT2D eigenvalue weighted by atomic mass is 10.1. The number of ether oxygens (including phenoxy) is 2. The van der Waals surface area contributed by atoms with Crippen LogP contribution >= 0.6 is 0 Å². The number of carbonyl (C=O) groups is 2. The van der Waals surface area contributed by atoms with Crippen molar-refractivity contribution in [3.8, 4) is 22.8 Å². The maximum Gasteiger partial charge on any atom is 0.289 e. The lowest BCUT2D eigenvalue weighted by molar-refractivity contribution is -0.143. The van der Waals surface area contributed by atoms with E-state index in [9.17, 15) is 9.59 Å². The highest BCUT2D eigenvalue weighted by Gasteiger charge is 2.24. The van der Waals surface area contributed by atoms with Crippen molar-refractivity contribution in [2.45, 2.75) is 6.92 Å². The summed E-state index contributed by atoms with van der Waals surface area (Å²) in [4.78, 5) is 26.6. The fourth-order valence-corrected chi connectivity index (χ4v) is 3.07. The van der Waals surface area contributed by atoms with Crippen molar-refractivity contribution in [1.29, 1.82) is 0 Å². The number of nitrogens with zero attached hydrogens (tertiary/aromatic N) is 4. The lowest BCUT2D eigenvalue weighted by Gasteiger charge is -2.34. The fourth-order valence-electron chi connectivity index (χ4n) is 3.07. The van der Waals surface area contributed by atoms with Gasteiger partial charge >= 0.3 is 0 Å². The summed E-state index contributed by atoms with van der Waals surface area (Å²) in [5.41, 5.74) is 1.66. The van der Waals surface area contributed by atoms with E-state index in [1.807, 2.05) is 30.3 Å². The Morgan fingerprint density at radius 1 is 0.962 bits per heavy atom. The Bertz CT molecular complexity index is 845. The molecule has 2 aliphatic heterocycles. The van der Waals surface area contributed by atoms with E-state index >= 15 is 0 Å². The molecule has 2 aliphatic rings. The van der Waals surface area contributed by atoms with Crippen LogP contribution in [-0.2, 0) is 9.59 Å². The van der Waals surface area contributed by atoms with Crippen molar-refractivity contribution in [1.82, 2.24) is 15.1 Å². The third kappa shape index (κ3) is 3.05. The molecule has 0 atom stereocenters. The number of hydrogen-bond donors (Lipinski definition) is 0. The Balaban J connectivity index is 1.44. The van der Waals surface area contributed by atoms with Gasteiger partial charge in [-0.1, -0.05) is 0 Å². The lowest BCUT2D eigenvalue weighted by Crippen LogP contribution is -2.50. The second-order valence-electron chi connectivity index (χ2n) is 6.18. The summed E-state index contributed by atoms with van der Waals surface area (Å²) in [6, 6.07) is 9.49. The van der Waals surface area contributed by atoms with E-state index < -0.39 is 11.7 Å². The first-order chi connectivity index (χ1) is 12.6. The smallest absolute Gasteiger partial charge is 0.289 e. The summed E-state index contributed by atoms with van der Waals surface area (Å²) in [7, 11) is 0. The molecule has 8 nitrogen and oxygen atoms in total. The van der Waals surface area contributed by atoms with E-state index in [0.717, 1.165) is 22.8 Å². The number of benzene rings is 1. The average molecular weight is 354 g/mol. The molecular formula is C18H18N4O4. The summed E-state index contributed by atoms with van der Waals surface area (Å²) in [5, 5.41) is 8.62. The summed E-state index contributed by atoms with van der Waals surface area (Å²) in [6.45, 7) is 3.79. The SMILES string of the molecule is CC(=O)C(=O)N1CCN(c2ccc(-c3ccc4c(c3)OCO4)nn2)CC1. The number of Topliss-reactive ketones (excluding diaryl/α,β-unsaturated/α-hetero) is 1. The molecule has 134 valence electrons. The van der Waals surface area contributed by atoms with Gasteiger partial charge in [-0.05, 0) is 30.3 Å². The Morgan fingerprint density at radius 3 is 2.42 bits per heavy atom. The molecule has 0 spiro atoms. The number of anilines is 1. The van der Waals surface area contributed by atoms with Gasteiger partial charge in [-0.25, -0.2) is 0 Å². The molecule has 0 radical (unpaired) electrons. The van der Waals surface area contributed by atoms with E-state index in [4.69, 9.17) is 9.47 Å². The molecule has 1 aromatic heterocycles. The Morgan fingerprint density at radius 2 is 1.73 bits per heavy atom. The van der Waals surface area contributed by atoms with Gasteiger partial charge in [0.2, 0.25) is 12.6 Å². The number of ketones is 1. The molecular weight excluding hydrogens is 336 g/mol. The standard InChI is InChI=1S/C18H18N4O4/c1-12(23)18(24)22-8-6-21(7-9-22)17-5-3-14(19-20-17)13-2-4-15-16(10-13)26-11-25-15/h2-5,10H,6-9,11H2,1H3. The maximum absolute atomic E-state index is 11.7. The van der Waals surface area contributed by atoms with E-state index in [1.165, 1.54) is 6.92 Å². The molecule has 1 fully saturated rings. The summed E-state index contributed by atoms with van der Waals surface area (Å²) < 4.78 is 10.7. The van der Waals surface area contributed by atoms with Crippen LogP contribution in [0.25, 0.3) is 11.3 Å². The van der Waals surface area contributed by atoms with Gasteiger partial charge in [0.25, 0.3) is 5.91 Å². The van der Waals surface area contributed by atoms with Gasteiger partial charge in [-0.15, -0.1) is 10.2 Å². The minimum absolute atomic E-state index is 0.238. The number of aromatic nitrogens is 2. The molecule has 2 aromatic rings. The van der Waals surface area contributed by atoms with Gasteiger partial charge < -0.3 is 19.3 Å². The second-order valence-corrected chi connectivity index (χ2v) is 6.18. The Kier molecular flexibility index (Phi) is 4.16. The highest BCUT2D eigenvalue weighted by atomic mass is 16.7. The second kappa shape index (κ2) is 6.62. The molecule has 0 unspecified atom stereocenters. The van der Waals surface area contributed by atoms with Gasteiger partial charge in [0.05, 0.1) is 5.69 Å². The van der Waals surface area contributed by atoms with Crippen LogP contribution in [0.1, 0.15) is 6.92 Å². The van der Waals surface area contributed by atoms with Gasteiger partial charge in [0.1, 0.15) is 0 Å². The van der Waals surface area contributed by atoms with Crippen LogP contribution < -0.4 is 14.4 Å². The minimum Gasteiger partial charge on any atom is -0.454 e. The number of piperazine rings is 1. The third-order valence-corrected chi connectivity index (χ3v) is 4.51. The average Bonchev–Trinajstić information content (AvgIpc) is 3.15.